The summed E-state index contributed by atoms with van der Waals surface area (Å²) in [7, 11) is 1.60. The van der Waals surface area contributed by atoms with E-state index in [9.17, 15) is 9.59 Å². The van der Waals surface area contributed by atoms with E-state index in [0.717, 1.165) is 22.3 Å². The molecule has 1 atom stereocenters. The molecule has 4 aromatic rings. The topological polar surface area (TPSA) is 58.6 Å². The van der Waals surface area contributed by atoms with Crippen molar-refractivity contribution in [2.45, 2.75) is 45.7 Å². The molecule has 0 heterocycles. The number of methoxy groups -OCH3 is 1. The van der Waals surface area contributed by atoms with Crippen molar-refractivity contribution < 1.29 is 14.3 Å². The summed E-state index contributed by atoms with van der Waals surface area (Å²) < 4.78 is 5.26. The third-order valence-electron chi connectivity index (χ3n) is 6.83. The van der Waals surface area contributed by atoms with Crippen LogP contribution in [-0.4, -0.2) is 23.8 Å². The number of carbonyl (C=O) groups excluding carboxylic acids is 2. The van der Waals surface area contributed by atoms with Gasteiger partial charge in [0.25, 0.3) is 5.91 Å². The third-order valence-corrected chi connectivity index (χ3v) is 6.83. The smallest absolute Gasteiger partial charge is 0.251 e. The van der Waals surface area contributed by atoms with E-state index in [1.165, 1.54) is 5.56 Å². The minimum Gasteiger partial charge on any atom is -0.497 e. The Bertz CT molecular complexity index is 1360. The number of aryl methyl sites for hydroxylation is 1. The van der Waals surface area contributed by atoms with Crippen molar-refractivity contribution in [3.63, 3.8) is 0 Å². The van der Waals surface area contributed by atoms with E-state index in [2.05, 4.69) is 19.2 Å². The van der Waals surface area contributed by atoms with Gasteiger partial charge in [-0.15, -0.1) is 0 Å². The molecular weight excluding hydrogens is 484 g/mol. The first-order chi connectivity index (χ1) is 18.8. The minimum absolute atomic E-state index is 0.121. The number of nitrogens with one attached hydrogen (secondary N) is 1. The maximum atomic E-state index is 14.0. The molecule has 2 amide bonds. The highest BCUT2D eigenvalue weighted by Gasteiger charge is 2.32. The summed E-state index contributed by atoms with van der Waals surface area (Å²) in [5.74, 6) is 0.664. The molecule has 200 valence electrons. The first-order valence-electron chi connectivity index (χ1n) is 13.3. The Morgan fingerprint density at radius 3 is 1.97 bits per heavy atom. The van der Waals surface area contributed by atoms with E-state index in [1.54, 1.807) is 36.3 Å². The molecule has 0 spiro atoms. The lowest BCUT2D eigenvalue weighted by Gasteiger charge is -2.32. The molecule has 0 aliphatic heterocycles. The summed E-state index contributed by atoms with van der Waals surface area (Å²) in [5.41, 5.74) is 5.58. The molecule has 4 aromatic carbocycles. The Kier molecular flexibility index (Phi) is 9.16. The molecule has 0 aliphatic carbocycles. The lowest BCUT2D eigenvalue weighted by molar-refractivity contribution is -0.139. The maximum absolute atomic E-state index is 14.0. The number of nitrogens with zero attached hydrogens (tertiary/aromatic N) is 1. The standard InChI is InChI=1S/C34H36N2O3/c1-24(2)28-14-16-29(17-15-28)33(34(38)35-30-18-20-31(39-4)21-19-30)36(23-27-12-10-25(3)11-13-27)32(37)22-26-8-6-5-7-9-26/h5-21,24,33H,22-23H2,1-4H3,(H,35,38). The number of rotatable bonds is 10. The van der Waals surface area contributed by atoms with Gasteiger partial charge in [-0.25, -0.2) is 0 Å². The second kappa shape index (κ2) is 12.9. The monoisotopic (exact) mass is 520 g/mol. The van der Waals surface area contributed by atoms with Gasteiger partial charge in [0.2, 0.25) is 5.91 Å². The van der Waals surface area contributed by atoms with Crippen LogP contribution in [0.25, 0.3) is 0 Å². The van der Waals surface area contributed by atoms with Crippen LogP contribution in [0, 0.1) is 6.92 Å². The van der Waals surface area contributed by atoms with Crippen LogP contribution in [-0.2, 0) is 22.6 Å². The average Bonchev–Trinajstić information content (AvgIpc) is 2.95. The highest BCUT2D eigenvalue weighted by Crippen LogP contribution is 2.28. The zero-order chi connectivity index (χ0) is 27.8. The van der Waals surface area contributed by atoms with Gasteiger partial charge in [-0.05, 0) is 59.4 Å². The molecule has 0 radical (unpaired) electrons. The average molecular weight is 521 g/mol. The number of benzene rings is 4. The van der Waals surface area contributed by atoms with E-state index in [4.69, 9.17) is 4.74 Å². The first kappa shape index (κ1) is 27.6. The first-order valence-corrected chi connectivity index (χ1v) is 13.3. The lowest BCUT2D eigenvalue weighted by Crippen LogP contribution is -2.41. The minimum atomic E-state index is -0.828. The van der Waals surface area contributed by atoms with E-state index >= 15 is 0 Å². The number of hydrogen-bond donors (Lipinski definition) is 1. The van der Waals surface area contributed by atoms with Gasteiger partial charge in [-0.3, -0.25) is 9.59 Å². The fourth-order valence-electron chi connectivity index (χ4n) is 4.51. The van der Waals surface area contributed by atoms with Crippen LogP contribution in [0.5, 0.6) is 5.75 Å². The molecule has 39 heavy (non-hydrogen) atoms. The third kappa shape index (κ3) is 7.35. The maximum Gasteiger partial charge on any atom is 0.251 e. The SMILES string of the molecule is COc1ccc(NC(=O)C(c2ccc(C(C)C)cc2)N(Cc2ccc(C)cc2)C(=O)Cc2ccccc2)cc1. The molecule has 0 saturated carbocycles. The summed E-state index contributed by atoms with van der Waals surface area (Å²) in [6.07, 6.45) is 0.198. The predicted molar refractivity (Wildman–Crippen MR) is 157 cm³/mol. The largest absolute Gasteiger partial charge is 0.497 e. The molecule has 4 rings (SSSR count). The fourth-order valence-corrected chi connectivity index (χ4v) is 4.51. The number of ether oxygens (including phenoxy) is 1. The lowest BCUT2D eigenvalue weighted by atomic mass is 9.97. The van der Waals surface area contributed by atoms with Crippen LogP contribution in [0.1, 0.15) is 53.6 Å². The zero-order valence-electron chi connectivity index (χ0n) is 23.1. The van der Waals surface area contributed by atoms with Gasteiger partial charge in [-0.1, -0.05) is 98.3 Å². The summed E-state index contributed by atoms with van der Waals surface area (Å²) in [5, 5.41) is 3.03. The molecule has 0 aliphatic rings. The number of amides is 2. The Balaban J connectivity index is 1.74. The van der Waals surface area contributed by atoms with E-state index in [1.807, 2.05) is 85.8 Å². The van der Waals surface area contributed by atoms with Crippen molar-refractivity contribution in [2.24, 2.45) is 0 Å². The Morgan fingerprint density at radius 1 is 0.769 bits per heavy atom. The van der Waals surface area contributed by atoms with Crippen LogP contribution >= 0.6 is 0 Å². The quantitative estimate of drug-likeness (QED) is 0.243. The van der Waals surface area contributed by atoms with Gasteiger partial charge in [0.1, 0.15) is 11.8 Å². The summed E-state index contributed by atoms with van der Waals surface area (Å²) in [6.45, 7) is 6.61. The molecule has 0 fully saturated rings. The molecule has 0 aromatic heterocycles. The van der Waals surface area contributed by atoms with Gasteiger partial charge in [0.05, 0.1) is 13.5 Å². The van der Waals surface area contributed by atoms with Crippen LogP contribution < -0.4 is 10.1 Å². The van der Waals surface area contributed by atoms with Crippen molar-refractivity contribution in [2.75, 3.05) is 12.4 Å². The van der Waals surface area contributed by atoms with Gasteiger partial charge in [0.15, 0.2) is 0 Å². The Labute approximate surface area is 231 Å². The van der Waals surface area contributed by atoms with Gasteiger partial charge >= 0.3 is 0 Å². The molecular formula is C34H36N2O3. The van der Waals surface area contributed by atoms with Crippen LogP contribution in [0.15, 0.2) is 103 Å². The fraction of sp³-hybridized carbons (Fsp3) is 0.235. The summed E-state index contributed by atoms with van der Waals surface area (Å²) in [4.78, 5) is 29.6. The highest BCUT2D eigenvalue weighted by atomic mass is 16.5. The molecule has 5 nitrogen and oxygen atoms in total. The Hall–Kier alpha value is -4.38. The molecule has 0 saturated heterocycles. The van der Waals surface area contributed by atoms with Crippen molar-refractivity contribution in [1.82, 2.24) is 4.90 Å². The van der Waals surface area contributed by atoms with Crippen molar-refractivity contribution >= 4 is 17.5 Å². The van der Waals surface area contributed by atoms with E-state index in [-0.39, 0.29) is 18.2 Å². The van der Waals surface area contributed by atoms with E-state index in [0.29, 0.717) is 23.9 Å². The van der Waals surface area contributed by atoms with Crippen molar-refractivity contribution in [3.8, 4) is 5.75 Å². The zero-order valence-corrected chi connectivity index (χ0v) is 23.1. The van der Waals surface area contributed by atoms with Crippen LogP contribution in [0.2, 0.25) is 0 Å². The van der Waals surface area contributed by atoms with Crippen LogP contribution in [0.4, 0.5) is 5.69 Å². The van der Waals surface area contributed by atoms with Gasteiger partial charge in [-0.2, -0.15) is 0 Å². The molecule has 0 bridgehead atoms. The number of carbonyl (C=O) groups is 2. The normalized spacial score (nSPS) is 11.6. The molecule has 1 N–H and O–H groups in total. The van der Waals surface area contributed by atoms with Crippen molar-refractivity contribution in [1.29, 1.82) is 0 Å². The molecule has 1 unspecified atom stereocenters. The second-order valence-corrected chi connectivity index (χ2v) is 10.1. The number of anilines is 1. The van der Waals surface area contributed by atoms with Gasteiger partial charge < -0.3 is 15.0 Å². The summed E-state index contributed by atoms with van der Waals surface area (Å²) in [6, 6.07) is 32.1. The number of hydrogen-bond acceptors (Lipinski definition) is 3. The van der Waals surface area contributed by atoms with Gasteiger partial charge in [0, 0.05) is 12.2 Å². The van der Waals surface area contributed by atoms with Crippen molar-refractivity contribution in [3.05, 3.63) is 131 Å². The van der Waals surface area contributed by atoms with Crippen LogP contribution in [0.3, 0.4) is 0 Å². The predicted octanol–water partition coefficient (Wildman–Crippen LogP) is 7.08. The highest BCUT2D eigenvalue weighted by molar-refractivity contribution is 5.98. The second-order valence-electron chi connectivity index (χ2n) is 10.1. The summed E-state index contributed by atoms with van der Waals surface area (Å²) >= 11 is 0. The Morgan fingerprint density at radius 2 is 1.38 bits per heavy atom. The van der Waals surface area contributed by atoms with E-state index < -0.39 is 6.04 Å². The molecule has 5 heteroatoms.